The zero-order chi connectivity index (χ0) is 23.1. The van der Waals surface area contributed by atoms with E-state index in [9.17, 15) is 4.79 Å². The largest absolute Gasteiger partial charge is 0.497 e. The lowest BCUT2D eigenvalue weighted by atomic mass is 10.2. The Morgan fingerprint density at radius 1 is 1.00 bits per heavy atom. The maximum atomic E-state index is 12.4. The summed E-state index contributed by atoms with van der Waals surface area (Å²) in [6, 6.07) is 16.9. The van der Waals surface area contributed by atoms with Crippen molar-refractivity contribution in [3.05, 3.63) is 82.9 Å². The highest BCUT2D eigenvalue weighted by Gasteiger charge is 2.11. The van der Waals surface area contributed by atoms with Crippen molar-refractivity contribution in [2.24, 2.45) is 5.10 Å². The van der Waals surface area contributed by atoms with Crippen LogP contribution < -0.4 is 19.6 Å². The summed E-state index contributed by atoms with van der Waals surface area (Å²) < 4.78 is 19.4. The predicted molar refractivity (Wildman–Crippen MR) is 145 cm³/mol. The van der Waals surface area contributed by atoms with E-state index in [4.69, 9.17) is 14.2 Å². The lowest BCUT2D eigenvalue weighted by Crippen LogP contribution is -2.17. The third-order valence-electron chi connectivity index (χ3n) is 4.31. The highest BCUT2D eigenvalue weighted by atomic mass is 127. The number of nitrogens with one attached hydrogen (secondary N) is 1. The summed E-state index contributed by atoms with van der Waals surface area (Å²) >= 11 is 7.91. The lowest BCUT2D eigenvalue weighted by molar-refractivity contribution is 0.0954. The number of nitrogens with zero attached hydrogens (tertiary/aromatic N) is 1. The van der Waals surface area contributed by atoms with Crippen molar-refractivity contribution in [3.63, 3.8) is 0 Å². The van der Waals surface area contributed by atoms with Crippen LogP contribution in [0.4, 0.5) is 0 Å². The van der Waals surface area contributed by atoms with Gasteiger partial charge in [-0.3, -0.25) is 4.79 Å². The summed E-state index contributed by atoms with van der Waals surface area (Å²) in [6.07, 6.45) is 1.60. The second-order valence-corrected chi connectivity index (χ2v) is 9.77. The third kappa shape index (κ3) is 6.82. The first-order chi connectivity index (χ1) is 15.4. The topological polar surface area (TPSA) is 69.2 Å². The standard InChI is InChI=1S/C23H19BrI2N2O4/c1-30-18-9-16(10-19(11-18)31-2)23(29)28-27-12-15-7-20(25)22(21(26)8-15)32-13-14-3-5-17(24)6-4-14/h3-12H,13H2,1-2H3,(H,28,29)/b27-12-. The van der Waals surface area contributed by atoms with Crippen LogP contribution in [0.15, 0.2) is 64.2 Å². The molecule has 0 heterocycles. The number of benzene rings is 3. The Labute approximate surface area is 222 Å². The molecule has 6 nitrogen and oxygen atoms in total. The van der Waals surface area contributed by atoms with E-state index in [1.165, 1.54) is 14.2 Å². The Hall–Kier alpha value is -1.86. The molecule has 0 aliphatic rings. The van der Waals surface area contributed by atoms with Crippen LogP contribution >= 0.6 is 61.1 Å². The summed E-state index contributed by atoms with van der Waals surface area (Å²) in [7, 11) is 3.06. The van der Waals surface area contributed by atoms with Crippen LogP contribution in [0.5, 0.6) is 17.2 Å². The smallest absolute Gasteiger partial charge is 0.271 e. The molecule has 3 aromatic rings. The molecule has 9 heteroatoms. The van der Waals surface area contributed by atoms with E-state index in [-0.39, 0.29) is 5.91 Å². The number of amides is 1. The van der Waals surface area contributed by atoms with Gasteiger partial charge in [-0.05, 0) is 92.7 Å². The Kier molecular flexibility index (Phi) is 9.17. The summed E-state index contributed by atoms with van der Waals surface area (Å²) in [5.74, 6) is 1.51. The molecule has 0 aliphatic heterocycles. The van der Waals surface area contributed by atoms with E-state index in [0.29, 0.717) is 23.7 Å². The monoisotopic (exact) mass is 720 g/mol. The molecule has 3 aromatic carbocycles. The van der Waals surface area contributed by atoms with Crippen LogP contribution in [0.2, 0.25) is 0 Å². The highest BCUT2D eigenvalue weighted by Crippen LogP contribution is 2.29. The lowest BCUT2D eigenvalue weighted by Gasteiger charge is -2.11. The summed E-state index contributed by atoms with van der Waals surface area (Å²) in [5, 5.41) is 4.08. The predicted octanol–water partition coefficient (Wildman–Crippen LogP) is 6.02. The van der Waals surface area contributed by atoms with Gasteiger partial charge in [0.2, 0.25) is 0 Å². The minimum absolute atomic E-state index is 0.364. The molecule has 0 fully saturated rings. The van der Waals surface area contributed by atoms with Gasteiger partial charge >= 0.3 is 0 Å². The first-order valence-corrected chi connectivity index (χ1v) is 12.3. The molecule has 0 unspecified atom stereocenters. The molecule has 1 amide bonds. The average molecular weight is 721 g/mol. The van der Waals surface area contributed by atoms with Crippen LogP contribution in [0.1, 0.15) is 21.5 Å². The van der Waals surface area contributed by atoms with Crippen LogP contribution in [0.25, 0.3) is 0 Å². The van der Waals surface area contributed by atoms with E-state index < -0.39 is 0 Å². The Morgan fingerprint density at radius 3 is 2.16 bits per heavy atom. The van der Waals surface area contributed by atoms with Crippen molar-refractivity contribution >= 4 is 73.2 Å². The fraction of sp³-hybridized carbons (Fsp3) is 0.130. The minimum atomic E-state index is -0.364. The number of hydrogen-bond acceptors (Lipinski definition) is 5. The van der Waals surface area contributed by atoms with Gasteiger partial charge in [-0.15, -0.1) is 0 Å². The molecule has 166 valence electrons. The molecule has 0 radical (unpaired) electrons. The molecule has 32 heavy (non-hydrogen) atoms. The molecular weight excluding hydrogens is 702 g/mol. The first-order valence-electron chi connectivity index (χ1n) is 9.32. The van der Waals surface area contributed by atoms with Gasteiger partial charge in [0.25, 0.3) is 5.91 Å². The average Bonchev–Trinajstić information content (AvgIpc) is 2.79. The second kappa shape index (κ2) is 11.8. The van der Waals surface area contributed by atoms with E-state index in [1.54, 1.807) is 24.4 Å². The van der Waals surface area contributed by atoms with Gasteiger partial charge < -0.3 is 14.2 Å². The van der Waals surface area contributed by atoms with Crippen molar-refractivity contribution in [2.75, 3.05) is 14.2 Å². The van der Waals surface area contributed by atoms with Gasteiger partial charge in [0.1, 0.15) is 23.9 Å². The molecule has 0 saturated carbocycles. The van der Waals surface area contributed by atoms with Gasteiger partial charge in [-0.25, -0.2) is 5.43 Å². The van der Waals surface area contributed by atoms with Crippen molar-refractivity contribution < 1.29 is 19.0 Å². The number of methoxy groups -OCH3 is 2. The molecule has 0 bridgehead atoms. The molecular formula is C23H19BrI2N2O4. The minimum Gasteiger partial charge on any atom is -0.497 e. The fourth-order valence-corrected chi connectivity index (χ4v) is 5.09. The Balaban J connectivity index is 1.66. The van der Waals surface area contributed by atoms with Gasteiger partial charge in [-0.1, -0.05) is 28.1 Å². The number of rotatable bonds is 8. The Bertz CT molecular complexity index is 1090. The van der Waals surface area contributed by atoms with E-state index in [0.717, 1.165) is 28.5 Å². The molecule has 3 rings (SSSR count). The van der Waals surface area contributed by atoms with Crippen molar-refractivity contribution in [2.45, 2.75) is 6.61 Å². The maximum absolute atomic E-state index is 12.4. The van der Waals surface area contributed by atoms with Crippen molar-refractivity contribution in [1.82, 2.24) is 5.43 Å². The molecule has 0 saturated heterocycles. The number of hydrogen-bond donors (Lipinski definition) is 1. The van der Waals surface area contributed by atoms with Crippen molar-refractivity contribution in [3.8, 4) is 17.2 Å². The van der Waals surface area contributed by atoms with Crippen LogP contribution in [-0.4, -0.2) is 26.3 Å². The maximum Gasteiger partial charge on any atom is 0.271 e. The molecule has 0 spiro atoms. The molecule has 0 aromatic heterocycles. The number of ether oxygens (including phenoxy) is 3. The summed E-state index contributed by atoms with van der Waals surface area (Å²) in [6.45, 7) is 0.479. The van der Waals surface area contributed by atoms with Crippen molar-refractivity contribution in [1.29, 1.82) is 0 Å². The first kappa shape index (κ1) is 24.8. The van der Waals surface area contributed by atoms with E-state index in [1.807, 2.05) is 36.4 Å². The zero-order valence-electron chi connectivity index (χ0n) is 17.2. The van der Waals surface area contributed by atoms with Gasteiger partial charge in [0.05, 0.1) is 27.6 Å². The molecule has 0 aliphatic carbocycles. The normalized spacial score (nSPS) is 10.8. The fourth-order valence-electron chi connectivity index (χ4n) is 2.70. The molecule has 1 N–H and O–H groups in total. The van der Waals surface area contributed by atoms with Crippen LogP contribution in [0, 0.1) is 7.14 Å². The van der Waals surface area contributed by atoms with Gasteiger partial charge in [0, 0.05) is 16.1 Å². The third-order valence-corrected chi connectivity index (χ3v) is 6.44. The summed E-state index contributed by atoms with van der Waals surface area (Å²) in [4.78, 5) is 12.4. The van der Waals surface area contributed by atoms with Gasteiger partial charge in [0.15, 0.2) is 0 Å². The number of carbonyl (C=O) groups is 1. The molecule has 0 atom stereocenters. The zero-order valence-corrected chi connectivity index (χ0v) is 23.1. The number of halogens is 3. The Morgan fingerprint density at radius 2 is 1.59 bits per heavy atom. The van der Waals surface area contributed by atoms with E-state index in [2.05, 4.69) is 71.6 Å². The second-order valence-electron chi connectivity index (χ2n) is 6.53. The number of carbonyl (C=O) groups excluding carboxylic acids is 1. The van der Waals surface area contributed by atoms with Crippen LogP contribution in [-0.2, 0) is 6.61 Å². The van der Waals surface area contributed by atoms with Crippen LogP contribution in [0.3, 0.4) is 0 Å². The SMILES string of the molecule is COc1cc(OC)cc(C(=O)N/N=C\c2cc(I)c(OCc3ccc(Br)cc3)c(I)c2)c1. The quantitative estimate of drug-likeness (QED) is 0.176. The summed E-state index contributed by atoms with van der Waals surface area (Å²) in [5.41, 5.74) is 4.85. The number of hydrazone groups is 1. The highest BCUT2D eigenvalue weighted by molar-refractivity contribution is 14.1. The van der Waals surface area contributed by atoms with E-state index >= 15 is 0 Å². The van der Waals surface area contributed by atoms with Gasteiger partial charge in [-0.2, -0.15) is 5.10 Å².